The molecular formula is C9H7N3O2. The van der Waals surface area contributed by atoms with Crippen molar-refractivity contribution >= 4 is 17.4 Å². The number of nitrogens with zero attached hydrogens (tertiary/aromatic N) is 2. The van der Waals surface area contributed by atoms with Crippen molar-refractivity contribution < 1.29 is 9.90 Å². The number of anilines is 1. The summed E-state index contributed by atoms with van der Waals surface area (Å²) in [6.07, 6.45) is 0. The summed E-state index contributed by atoms with van der Waals surface area (Å²) in [5, 5.41) is 20.2. The van der Waals surface area contributed by atoms with Gasteiger partial charge in [-0.1, -0.05) is 18.2 Å². The Morgan fingerprint density at radius 3 is 2.57 bits per heavy atom. The Morgan fingerprint density at radius 1 is 1.43 bits per heavy atom. The third-order valence-electron chi connectivity index (χ3n) is 1.38. The number of aliphatic carboxylic acids is 1. The van der Waals surface area contributed by atoms with Gasteiger partial charge in [0.25, 0.3) is 0 Å². The molecule has 0 radical (unpaired) electrons. The first-order valence-electron chi connectivity index (χ1n) is 3.76. The van der Waals surface area contributed by atoms with Gasteiger partial charge in [-0.05, 0) is 12.1 Å². The van der Waals surface area contributed by atoms with Crippen molar-refractivity contribution in [3.8, 4) is 6.07 Å². The first-order chi connectivity index (χ1) is 6.74. The number of benzene rings is 1. The molecule has 0 atom stereocenters. The quantitative estimate of drug-likeness (QED) is 0.550. The minimum Gasteiger partial charge on any atom is -0.476 e. The molecule has 0 amide bonds. The molecular weight excluding hydrogens is 182 g/mol. The lowest BCUT2D eigenvalue weighted by Crippen LogP contribution is -2.12. The Kier molecular flexibility index (Phi) is 3.21. The number of hydrogen-bond donors (Lipinski definition) is 2. The van der Waals surface area contributed by atoms with Crippen molar-refractivity contribution in [2.75, 3.05) is 5.43 Å². The van der Waals surface area contributed by atoms with Crippen molar-refractivity contribution in [3.63, 3.8) is 0 Å². The van der Waals surface area contributed by atoms with E-state index in [2.05, 4.69) is 10.5 Å². The summed E-state index contributed by atoms with van der Waals surface area (Å²) >= 11 is 0. The van der Waals surface area contributed by atoms with Gasteiger partial charge >= 0.3 is 5.97 Å². The van der Waals surface area contributed by atoms with Gasteiger partial charge in [-0.3, -0.25) is 5.43 Å². The highest BCUT2D eigenvalue weighted by molar-refractivity contribution is 6.42. The van der Waals surface area contributed by atoms with Crippen LogP contribution in [0.5, 0.6) is 0 Å². The first kappa shape index (κ1) is 9.74. The van der Waals surface area contributed by atoms with Crippen LogP contribution in [0, 0.1) is 11.3 Å². The van der Waals surface area contributed by atoms with Crippen molar-refractivity contribution in [3.05, 3.63) is 30.3 Å². The zero-order chi connectivity index (χ0) is 10.4. The molecule has 0 aliphatic carbocycles. The Hall–Kier alpha value is -2.35. The maximum atomic E-state index is 10.4. The normalized spacial score (nSPS) is 10.4. The number of hydrogen-bond acceptors (Lipinski definition) is 4. The summed E-state index contributed by atoms with van der Waals surface area (Å²) in [4.78, 5) is 10.4. The maximum absolute atomic E-state index is 10.4. The molecule has 1 aromatic rings. The predicted molar refractivity (Wildman–Crippen MR) is 50.7 cm³/mol. The van der Waals surface area contributed by atoms with Crippen LogP contribution in [-0.4, -0.2) is 16.8 Å². The van der Waals surface area contributed by atoms with Crippen LogP contribution in [-0.2, 0) is 4.79 Å². The van der Waals surface area contributed by atoms with Gasteiger partial charge in [-0.15, -0.1) is 0 Å². The molecule has 0 saturated heterocycles. The second-order valence-electron chi connectivity index (χ2n) is 2.36. The van der Waals surface area contributed by atoms with Gasteiger partial charge in [-0.2, -0.15) is 10.4 Å². The fourth-order valence-corrected chi connectivity index (χ4v) is 0.754. The predicted octanol–water partition coefficient (Wildman–Crippen LogP) is 1.06. The number of para-hydroxylation sites is 1. The topological polar surface area (TPSA) is 85.5 Å². The standard InChI is InChI=1S/C9H7N3O2/c10-6-8(9(13)14)12-11-7-4-2-1-3-5-7/h1-5,11H,(H,13,14). The van der Waals surface area contributed by atoms with E-state index in [9.17, 15) is 4.79 Å². The molecule has 1 aromatic carbocycles. The molecule has 0 aliphatic rings. The molecule has 70 valence electrons. The molecule has 14 heavy (non-hydrogen) atoms. The molecule has 0 unspecified atom stereocenters. The lowest BCUT2D eigenvalue weighted by Gasteiger charge is -1.97. The molecule has 5 heteroatoms. The fourth-order valence-electron chi connectivity index (χ4n) is 0.754. The lowest BCUT2D eigenvalue weighted by atomic mass is 10.3. The van der Waals surface area contributed by atoms with E-state index in [1.807, 2.05) is 6.07 Å². The first-order valence-corrected chi connectivity index (χ1v) is 3.76. The van der Waals surface area contributed by atoms with Crippen molar-refractivity contribution in [2.24, 2.45) is 5.10 Å². The number of hydrazone groups is 1. The number of rotatable bonds is 3. The Balaban J connectivity index is 2.73. The average Bonchev–Trinajstić information content (AvgIpc) is 2.20. The molecule has 0 heterocycles. The van der Waals surface area contributed by atoms with Crippen LogP contribution in [0.1, 0.15) is 0 Å². The summed E-state index contributed by atoms with van der Waals surface area (Å²) in [6.45, 7) is 0. The van der Waals surface area contributed by atoms with E-state index in [0.717, 1.165) is 0 Å². The van der Waals surface area contributed by atoms with Crippen LogP contribution in [0.15, 0.2) is 35.4 Å². The van der Waals surface area contributed by atoms with E-state index in [4.69, 9.17) is 10.4 Å². The largest absolute Gasteiger partial charge is 0.476 e. The fraction of sp³-hybridized carbons (Fsp3) is 0. The van der Waals surface area contributed by atoms with E-state index in [1.54, 1.807) is 24.3 Å². The monoisotopic (exact) mass is 189 g/mol. The Bertz CT molecular complexity index is 392. The maximum Gasteiger partial charge on any atom is 0.367 e. The van der Waals surface area contributed by atoms with Gasteiger partial charge in [-0.25, -0.2) is 4.79 Å². The van der Waals surface area contributed by atoms with Gasteiger partial charge in [0.15, 0.2) is 0 Å². The van der Waals surface area contributed by atoms with Crippen LogP contribution in [0.4, 0.5) is 5.69 Å². The van der Waals surface area contributed by atoms with Crippen molar-refractivity contribution in [1.29, 1.82) is 5.26 Å². The zero-order valence-corrected chi connectivity index (χ0v) is 7.14. The van der Waals surface area contributed by atoms with Gasteiger partial charge in [0.2, 0.25) is 5.71 Å². The van der Waals surface area contributed by atoms with Gasteiger partial charge in [0, 0.05) is 0 Å². The van der Waals surface area contributed by atoms with Gasteiger partial charge in [0.05, 0.1) is 5.69 Å². The number of carboxylic acids is 1. The number of nitriles is 1. The van der Waals surface area contributed by atoms with E-state index in [1.165, 1.54) is 6.07 Å². The molecule has 0 spiro atoms. The molecule has 0 saturated carbocycles. The molecule has 5 nitrogen and oxygen atoms in total. The summed E-state index contributed by atoms with van der Waals surface area (Å²) in [7, 11) is 0. The summed E-state index contributed by atoms with van der Waals surface area (Å²) in [6, 6.07) is 10.2. The molecule has 2 N–H and O–H groups in total. The molecule has 0 aliphatic heterocycles. The molecule has 0 aromatic heterocycles. The van der Waals surface area contributed by atoms with Gasteiger partial charge in [0.1, 0.15) is 6.07 Å². The average molecular weight is 189 g/mol. The smallest absolute Gasteiger partial charge is 0.367 e. The highest BCUT2D eigenvalue weighted by atomic mass is 16.4. The van der Waals surface area contributed by atoms with Crippen LogP contribution in [0.2, 0.25) is 0 Å². The van der Waals surface area contributed by atoms with Gasteiger partial charge < -0.3 is 5.11 Å². The third kappa shape index (κ3) is 2.60. The van der Waals surface area contributed by atoms with Crippen LogP contribution in [0.25, 0.3) is 0 Å². The molecule has 0 bridgehead atoms. The Morgan fingerprint density at radius 2 is 2.07 bits per heavy atom. The molecule has 1 rings (SSSR count). The zero-order valence-electron chi connectivity index (χ0n) is 7.14. The van der Waals surface area contributed by atoms with E-state index < -0.39 is 11.7 Å². The lowest BCUT2D eigenvalue weighted by molar-refractivity contribution is -0.129. The third-order valence-corrected chi connectivity index (χ3v) is 1.38. The van der Waals surface area contributed by atoms with Crippen LogP contribution < -0.4 is 5.43 Å². The number of nitrogens with one attached hydrogen (secondary N) is 1. The summed E-state index contributed by atoms with van der Waals surface area (Å²) in [5.41, 5.74) is 2.51. The minimum absolute atomic E-state index is 0.575. The minimum atomic E-state index is -1.35. The summed E-state index contributed by atoms with van der Waals surface area (Å²) in [5.74, 6) is -1.35. The van der Waals surface area contributed by atoms with E-state index >= 15 is 0 Å². The second kappa shape index (κ2) is 4.62. The molecule has 0 fully saturated rings. The van der Waals surface area contributed by atoms with Crippen molar-refractivity contribution in [2.45, 2.75) is 0 Å². The Labute approximate surface area is 80.3 Å². The number of carbonyl (C=O) groups is 1. The highest BCUT2D eigenvalue weighted by Crippen LogP contribution is 2.04. The number of carboxylic acid groups (broad SMARTS) is 1. The van der Waals surface area contributed by atoms with Crippen molar-refractivity contribution in [1.82, 2.24) is 0 Å². The highest BCUT2D eigenvalue weighted by Gasteiger charge is 2.06. The second-order valence-corrected chi connectivity index (χ2v) is 2.36. The van der Waals surface area contributed by atoms with E-state index in [0.29, 0.717) is 5.69 Å². The SMILES string of the molecule is N#CC(=NNc1ccccc1)C(=O)O. The van der Waals surface area contributed by atoms with Crippen LogP contribution in [0.3, 0.4) is 0 Å². The van der Waals surface area contributed by atoms with E-state index in [-0.39, 0.29) is 0 Å². The van der Waals surface area contributed by atoms with Crippen LogP contribution >= 0.6 is 0 Å². The summed E-state index contributed by atoms with van der Waals surface area (Å²) < 4.78 is 0.